The molecule has 0 aliphatic rings. The molecule has 5 N–H and O–H groups in total. The van der Waals surface area contributed by atoms with Crippen molar-refractivity contribution in [2.75, 3.05) is 0 Å². The van der Waals surface area contributed by atoms with Crippen LogP contribution in [0.2, 0.25) is 0 Å². The van der Waals surface area contributed by atoms with Crippen LogP contribution in [0.4, 0.5) is 9.18 Å². The fraction of sp³-hybridized carbons (Fsp3) is 0.333. The number of benzene rings is 1. The summed E-state index contributed by atoms with van der Waals surface area (Å²) in [5, 5.41) is 7.52. The average molecular weight is 332 g/mol. The molecule has 0 fully saturated rings. The van der Waals surface area contributed by atoms with Crippen molar-refractivity contribution < 1.29 is 13.9 Å². The number of hydrogen-bond acceptors (Lipinski definition) is 4. The highest BCUT2D eigenvalue weighted by Crippen LogP contribution is 2.30. The topological polar surface area (TPSA) is 102 Å². The van der Waals surface area contributed by atoms with Gasteiger partial charge in [-0.3, -0.25) is 5.41 Å². The fourth-order valence-electron chi connectivity index (χ4n) is 1.81. The molecule has 0 saturated carbocycles. The Balaban J connectivity index is 3.06. The van der Waals surface area contributed by atoms with Gasteiger partial charge in [0.2, 0.25) is 5.90 Å². The number of halogens is 2. The minimum atomic E-state index is -1.11. The van der Waals surface area contributed by atoms with Gasteiger partial charge in [-0.25, -0.2) is 9.18 Å². The Morgan fingerprint density at radius 2 is 2.11 bits per heavy atom. The first kappa shape index (κ1) is 15.6. The van der Waals surface area contributed by atoms with Gasteiger partial charge in [0.05, 0.1) is 6.04 Å². The number of nitrogens with two attached hydrogens (primary N) is 2. The van der Waals surface area contributed by atoms with Crippen LogP contribution in [0.25, 0.3) is 0 Å². The van der Waals surface area contributed by atoms with Crippen LogP contribution < -0.4 is 11.5 Å². The maximum Gasteiger partial charge on any atom is 0.411 e. The largest absolute Gasteiger partial charge is 0.411 e. The van der Waals surface area contributed by atoms with Gasteiger partial charge in [0.25, 0.3) is 0 Å². The SMILES string of the molecule is Cc1c(Br)ccc(F)c1[C@@H](C)[C@H](N)C(=N)OC(N)=O. The van der Waals surface area contributed by atoms with Gasteiger partial charge in [-0.2, -0.15) is 0 Å². The van der Waals surface area contributed by atoms with Crippen molar-refractivity contribution in [1.82, 2.24) is 0 Å². The van der Waals surface area contributed by atoms with E-state index in [-0.39, 0.29) is 0 Å². The van der Waals surface area contributed by atoms with E-state index in [1.54, 1.807) is 19.9 Å². The highest BCUT2D eigenvalue weighted by atomic mass is 79.9. The van der Waals surface area contributed by atoms with E-state index in [1.807, 2.05) is 0 Å². The summed E-state index contributed by atoms with van der Waals surface area (Å²) in [5.74, 6) is -1.45. The first-order valence-electron chi connectivity index (χ1n) is 5.51. The minimum absolute atomic E-state index is 0.375. The number of hydrogen-bond donors (Lipinski definition) is 3. The van der Waals surface area contributed by atoms with Gasteiger partial charge in [-0.15, -0.1) is 0 Å². The van der Waals surface area contributed by atoms with E-state index in [1.165, 1.54) is 6.07 Å². The Hall–Kier alpha value is -1.47. The van der Waals surface area contributed by atoms with E-state index in [9.17, 15) is 9.18 Å². The van der Waals surface area contributed by atoms with Gasteiger partial charge >= 0.3 is 6.09 Å². The summed E-state index contributed by atoms with van der Waals surface area (Å²) in [6.45, 7) is 3.39. The average Bonchev–Trinajstić information content (AvgIpc) is 2.32. The van der Waals surface area contributed by atoms with E-state index in [0.29, 0.717) is 11.1 Å². The molecule has 104 valence electrons. The van der Waals surface area contributed by atoms with Crippen LogP contribution in [0.5, 0.6) is 0 Å². The molecule has 1 aromatic carbocycles. The molecule has 0 aliphatic heterocycles. The van der Waals surface area contributed by atoms with Gasteiger partial charge in [0.1, 0.15) is 5.82 Å². The minimum Gasteiger partial charge on any atom is -0.394 e. The van der Waals surface area contributed by atoms with Crippen LogP contribution in [0, 0.1) is 18.2 Å². The molecule has 0 aliphatic carbocycles. The molecule has 0 radical (unpaired) electrons. The predicted molar refractivity (Wildman–Crippen MR) is 73.6 cm³/mol. The van der Waals surface area contributed by atoms with Crippen molar-refractivity contribution in [2.24, 2.45) is 11.5 Å². The number of carbonyl (C=O) groups excluding carboxylic acids is 1. The Labute approximate surface area is 118 Å². The van der Waals surface area contributed by atoms with Gasteiger partial charge in [0.15, 0.2) is 0 Å². The summed E-state index contributed by atoms with van der Waals surface area (Å²) < 4.78 is 19.1. The first-order chi connectivity index (χ1) is 8.75. The van der Waals surface area contributed by atoms with E-state index < -0.39 is 29.8 Å². The molecule has 19 heavy (non-hydrogen) atoms. The van der Waals surface area contributed by atoms with Crippen molar-refractivity contribution in [3.8, 4) is 0 Å². The molecule has 1 amide bonds. The third-order valence-corrected chi connectivity index (χ3v) is 3.76. The second kappa shape index (κ2) is 6.12. The third kappa shape index (κ3) is 3.51. The van der Waals surface area contributed by atoms with E-state index in [0.717, 1.165) is 4.47 Å². The Morgan fingerprint density at radius 3 is 2.63 bits per heavy atom. The number of carbonyl (C=O) groups is 1. The standard InChI is InChI=1S/C12H15BrFN3O2/c1-5-7(13)3-4-8(14)9(5)6(2)10(15)11(16)19-12(17)18/h3-4,6,10,16H,15H2,1-2H3,(H2,17,18)/t6-,10+/m1/s1. The highest BCUT2D eigenvalue weighted by Gasteiger charge is 2.26. The normalized spacial score (nSPS) is 13.7. The molecule has 0 bridgehead atoms. The third-order valence-electron chi connectivity index (χ3n) is 2.90. The summed E-state index contributed by atoms with van der Waals surface area (Å²) >= 11 is 3.31. The number of nitrogens with one attached hydrogen (secondary N) is 1. The van der Waals surface area contributed by atoms with Gasteiger partial charge in [-0.05, 0) is 30.2 Å². The zero-order chi connectivity index (χ0) is 14.7. The van der Waals surface area contributed by atoms with E-state index in [2.05, 4.69) is 20.7 Å². The maximum atomic E-state index is 13.9. The molecule has 0 aromatic heterocycles. The Bertz CT molecular complexity index is 522. The summed E-state index contributed by atoms with van der Waals surface area (Å²) in [7, 11) is 0. The zero-order valence-corrected chi connectivity index (χ0v) is 12.1. The maximum absolute atomic E-state index is 13.9. The highest BCUT2D eigenvalue weighted by molar-refractivity contribution is 9.10. The molecule has 1 aromatic rings. The lowest BCUT2D eigenvalue weighted by molar-refractivity contribution is 0.204. The molecule has 7 heteroatoms. The van der Waals surface area contributed by atoms with Crippen LogP contribution in [0.3, 0.4) is 0 Å². The van der Waals surface area contributed by atoms with Gasteiger partial charge in [-0.1, -0.05) is 22.9 Å². The van der Waals surface area contributed by atoms with Crippen LogP contribution in [0.15, 0.2) is 16.6 Å². The number of ether oxygens (including phenoxy) is 1. The number of amides is 1. The Morgan fingerprint density at radius 1 is 1.53 bits per heavy atom. The smallest absolute Gasteiger partial charge is 0.394 e. The van der Waals surface area contributed by atoms with Gasteiger partial charge < -0.3 is 16.2 Å². The summed E-state index contributed by atoms with van der Waals surface area (Å²) in [6.07, 6.45) is -1.11. The van der Waals surface area contributed by atoms with Crippen molar-refractivity contribution in [3.05, 3.63) is 33.5 Å². The summed E-state index contributed by atoms with van der Waals surface area (Å²) in [4.78, 5) is 10.6. The van der Waals surface area contributed by atoms with Crippen molar-refractivity contribution in [1.29, 1.82) is 5.41 Å². The van der Waals surface area contributed by atoms with Gasteiger partial charge in [0, 0.05) is 10.4 Å². The lowest BCUT2D eigenvalue weighted by Gasteiger charge is -2.22. The first-order valence-corrected chi connectivity index (χ1v) is 6.30. The molecule has 2 atom stereocenters. The Kier molecular flexibility index (Phi) is 5.02. The molecular formula is C12H15BrFN3O2. The van der Waals surface area contributed by atoms with Crippen LogP contribution in [-0.2, 0) is 4.74 Å². The van der Waals surface area contributed by atoms with E-state index in [4.69, 9.17) is 16.9 Å². The lowest BCUT2D eigenvalue weighted by atomic mass is 9.90. The molecule has 0 heterocycles. The summed E-state index contributed by atoms with van der Waals surface area (Å²) in [5.41, 5.74) is 11.7. The quantitative estimate of drug-likeness (QED) is 0.585. The fourth-order valence-corrected chi connectivity index (χ4v) is 2.16. The van der Waals surface area contributed by atoms with Crippen LogP contribution >= 0.6 is 15.9 Å². The number of primary amides is 1. The molecule has 0 unspecified atom stereocenters. The van der Waals surface area contributed by atoms with Crippen molar-refractivity contribution in [3.63, 3.8) is 0 Å². The van der Waals surface area contributed by atoms with Crippen molar-refractivity contribution in [2.45, 2.75) is 25.8 Å². The lowest BCUT2D eigenvalue weighted by Crippen LogP contribution is -2.39. The zero-order valence-electron chi connectivity index (χ0n) is 10.5. The predicted octanol–water partition coefficient (Wildman–Crippen LogP) is 2.40. The molecule has 0 spiro atoms. The summed E-state index contributed by atoms with van der Waals surface area (Å²) in [6, 6.07) is 1.95. The van der Waals surface area contributed by atoms with Crippen molar-refractivity contribution >= 4 is 27.9 Å². The second-order valence-corrected chi connectivity index (χ2v) is 5.02. The molecular weight excluding hydrogens is 317 g/mol. The second-order valence-electron chi connectivity index (χ2n) is 4.17. The van der Waals surface area contributed by atoms with Crippen LogP contribution in [0.1, 0.15) is 24.0 Å². The molecule has 1 rings (SSSR count). The van der Waals surface area contributed by atoms with E-state index >= 15 is 0 Å². The monoisotopic (exact) mass is 331 g/mol. The van der Waals surface area contributed by atoms with Crippen LogP contribution in [-0.4, -0.2) is 18.0 Å². The molecule has 0 saturated heterocycles. The number of rotatable bonds is 3. The molecule has 5 nitrogen and oxygen atoms in total.